The number of carbonyl (C=O) groups is 2. The lowest BCUT2D eigenvalue weighted by atomic mass is 10.0. The van der Waals surface area contributed by atoms with Crippen LogP contribution in [-0.4, -0.2) is 44.2 Å². The molecule has 0 saturated carbocycles. The summed E-state index contributed by atoms with van der Waals surface area (Å²) in [7, 11) is -3.52. The summed E-state index contributed by atoms with van der Waals surface area (Å²) in [5.74, 6) is -0.134. The Morgan fingerprint density at radius 3 is 2.62 bits per heavy atom. The van der Waals surface area contributed by atoms with Crippen molar-refractivity contribution in [1.82, 2.24) is 9.62 Å². The fraction of sp³-hybridized carbons (Fsp3) is 0.400. The molecule has 0 radical (unpaired) electrons. The number of sulfonamides is 1. The third-order valence-corrected chi connectivity index (χ3v) is 6.66. The molecule has 0 aliphatic carbocycles. The van der Waals surface area contributed by atoms with Crippen LogP contribution in [0.3, 0.4) is 0 Å². The number of anilines is 1. The number of carbonyl (C=O) groups excluding carboxylic acids is 2. The molecule has 0 bridgehead atoms. The Hall–Kier alpha value is -2.65. The number of nitrogens with zero attached hydrogens (tertiary/aromatic N) is 1. The fourth-order valence-electron chi connectivity index (χ4n) is 3.23. The Kier molecular flexibility index (Phi) is 6.71. The largest absolute Gasteiger partial charge is 0.459 e. The van der Waals surface area contributed by atoms with Gasteiger partial charge >= 0.3 is 0 Å². The lowest BCUT2D eigenvalue weighted by Crippen LogP contribution is -2.39. The van der Waals surface area contributed by atoms with Gasteiger partial charge in [0.2, 0.25) is 15.9 Å². The van der Waals surface area contributed by atoms with E-state index < -0.39 is 10.0 Å². The molecule has 29 heavy (non-hydrogen) atoms. The molecule has 9 heteroatoms. The van der Waals surface area contributed by atoms with Gasteiger partial charge in [-0.25, -0.2) is 8.42 Å². The Balaban J connectivity index is 1.50. The average Bonchev–Trinajstić information content (AvgIpc) is 3.23. The molecule has 1 fully saturated rings. The molecule has 2 N–H and O–H groups in total. The molecule has 2 amide bonds. The summed E-state index contributed by atoms with van der Waals surface area (Å²) in [5.41, 5.74) is 0.498. The van der Waals surface area contributed by atoms with Gasteiger partial charge in [0.25, 0.3) is 5.91 Å². The van der Waals surface area contributed by atoms with Crippen molar-refractivity contribution < 1.29 is 22.4 Å². The van der Waals surface area contributed by atoms with Crippen LogP contribution in [0.1, 0.15) is 36.7 Å². The summed E-state index contributed by atoms with van der Waals surface area (Å²) < 4.78 is 32.0. The minimum atomic E-state index is -3.52. The van der Waals surface area contributed by atoms with E-state index in [4.69, 9.17) is 4.42 Å². The molecule has 1 aliphatic rings. The summed E-state index contributed by atoms with van der Waals surface area (Å²) in [6.45, 7) is 3.28. The molecule has 156 valence electrons. The maximum atomic E-state index is 12.8. The molecular formula is C20H25N3O5S. The number of furan rings is 1. The molecule has 1 aliphatic heterocycles. The predicted molar refractivity (Wildman–Crippen MR) is 108 cm³/mol. The van der Waals surface area contributed by atoms with Gasteiger partial charge in [0.1, 0.15) is 0 Å². The highest BCUT2D eigenvalue weighted by Crippen LogP contribution is 2.24. The van der Waals surface area contributed by atoms with Crippen molar-refractivity contribution in [1.29, 1.82) is 0 Å². The number of hydrogen-bond donors (Lipinski definition) is 2. The van der Waals surface area contributed by atoms with E-state index in [-0.39, 0.29) is 35.4 Å². The molecule has 2 heterocycles. The van der Waals surface area contributed by atoms with E-state index in [0.717, 1.165) is 12.8 Å². The molecule has 1 atom stereocenters. The monoisotopic (exact) mass is 419 g/mol. The van der Waals surface area contributed by atoms with Crippen LogP contribution in [0.15, 0.2) is 52.0 Å². The maximum Gasteiger partial charge on any atom is 0.286 e. The highest BCUT2D eigenvalue weighted by Gasteiger charge is 2.28. The molecule has 1 aromatic carbocycles. The quantitative estimate of drug-likeness (QED) is 0.717. The third-order valence-electron chi connectivity index (χ3n) is 4.78. The van der Waals surface area contributed by atoms with E-state index in [1.807, 2.05) is 0 Å². The fourth-order valence-corrected chi connectivity index (χ4v) is 4.83. The molecule has 3 rings (SSSR count). The van der Waals surface area contributed by atoms with Crippen LogP contribution >= 0.6 is 0 Å². The van der Waals surface area contributed by atoms with Crippen LogP contribution in [0.5, 0.6) is 0 Å². The SMILES string of the molecule is C[C@@H]1CCCN(S(=O)(=O)c2ccc(NC(=O)CCNC(=O)c3ccco3)cc2)C1. The van der Waals surface area contributed by atoms with Gasteiger partial charge in [0.15, 0.2) is 5.76 Å². The van der Waals surface area contributed by atoms with Gasteiger partial charge in [0.05, 0.1) is 11.2 Å². The zero-order valence-electron chi connectivity index (χ0n) is 16.3. The van der Waals surface area contributed by atoms with Crippen LogP contribution in [0.2, 0.25) is 0 Å². The van der Waals surface area contributed by atoms with E-state index in [1.165, 1.54) is 28.8 Å². The lowest BCUT2D eigenvalue weighted by Gasteiger charge is -2.30. The highest BCUT2D eigenvalue weighted by molar-refractivity contribution is 7.89. The van der Waals surface area contributed by atoms with Crippen molar-refractivity contribution in [2.75, 3.05) is 25.0 Å². The van der Waals surface area contributed by atoms with Crippen LogP contribution in [0, 0.1) is 5.92 Å². The summed E-state index contributed by atoms with van der Waals surface area (Å²) >= 11 is 0. The number of nitrogens with one attached hydrogen (secondary N) is 2. The Morgan fingerprint density at radius 2 is 1.97 bits per heavy atom. The van der Waals surface area contributed by atoms with Crippen molar-refractivity contribution in [3.8, 4) is 0 Å². The summed E-state index contributed by atoms with van der Waals surface area (Å²) in [5, 5.41) is 5.29. The van der Waals surface area contributed by atoms with Crippen molar-refractivity contribution >= 4 is 27.5 Å². The van der Waals surface area contributed by atoms with E-state index in [0.29, 0.717) is 24.7 Å². The molecule has 0 spiro atoms. The van der Waals surface area contributed by atoms with Crippen LogP contribution in [-0.2, 0) is 14.8 Å². The normalized spacial score (nSPS) is 17.6. The first kappa shape index (κ1) is 21.1. The maximum absolute atomic E-state index is 12.8. The summed E-state index contributed by atoms with van der Waals surface area (Å²) in [6, 6.07) is 9.29. The van der Waals surface area contributed by atoms with Crippen molar-refractivity contribution in [3.05, 3.63) is 48.4 Å². The predicted octanol–water partition coefficient (Wildman–Crippen LogP) is 2.46. The second-order valence-electron chi connectivity index (χ2n) is 7.17. The second-order valence-corrected chi connectivity index (χ2v) is 9.10. The van der Waals surface area contributed by atoms with Gasteiger partial charge in [-0.2, -0.15) is 4.31 Å². The minimum Gasteiger partial charge on any atom is -0.459 e. The van der Waals surface area contributed by atoms with Crippen LogP contribution < -0.4 is 10.6 Å². The van der Waals surface area contributed by atoms with E-state index in [9.17, 15) is 18.0 Å². The third kappa shape index (κ3) is 5.45. The lowest BCUT2D eigenvalue weighted by molar-refractivity contribution is -0.116. The first-order valence-electron chi connectivity index (χ1n) is 9.58. The average molecular weight is 420 g/mol. The number of amides is 2. The number of benzene rings is 1. The van der Waals surface area contributed by atoms with Crippen LogP contribution in [0.4, 0.5) is 5.69 Å². The Labute approximate surface area is 170 Å². The minimum absolute atomic E-state index is 0.0815. The van der Waals surface area contributed by atoms with Gasteiger partial charge < -0.3 is 15.1 Å². The standard InChI is InChI=1S/C20H25N3O5S/c1-15-4-2-12-23(14-15)29(26,27)17-8-6-16(7-9-17)22-19(24)10-11-21-20(25)18-5-3-13-28-18/h3,5-9,13,15H,2,4,10-12,14H2,1H3,(H,21,25)(H,22,24)/t15-/m1/s1. The summed E-state index contributed by atoms with van der Waals surface area (Å²) in [4.78, 5) is 24.0. The zero-order chi connectivity index (χ0) is 20.9. The van der Waals surface area contributed by atoms with Crippen LogP contribution in [0.25, 0.3) is 0 Å². The van der Waals surface area contributed by atoms with E-state index >= 15 is 0 Å². The Bertz CT molecular complexity index is 939. The molecule has 2 aromatic rings. The van der Waals surface area contributed by atoms with Gasteiger partial charge in [0, 0.05) is 31.7 Å². The number of piperidine rings is 1. The Morgan fingerprint density at radius 1 is 1.21 bits per heavy atom. The highest BCUT2D eigenvalue weighted by atomic mass is 32.2. The zero-order valence-corrected chi connectivity index (χ0v) is 17.1. The van der Waals surface area contributed by atoms with Crippen molar-refractivity contribution in [3.63, 3.8) is 0 Å². The van der Waals surface area contributed by atoms with Gasteiger partial charge in [-0.15, -0.1) is 0 Å². The molecular weight excluding hydrogens is 394 g/mol. The number of rotatable bonds is 7. The topological polar surface area (TPSA) is 109 Å². The van der Waals surface area contributed by atoms with Gasteiger partial charge in [-0.1, -0.05) is 6.92 Å². The van der Waals surface area contributed by atoms with Gasteiger partial charge in [-0.05, 0) is 55.2 Å². The molecule has 8 nitrogen and oxygen atoms in total. The smallest absolute Gasteiger partial charge is 0.286 e. The second kappa shape index (κ2) is 9.23. The summed E-state index contributed by atoms with van der Waals surface area (Å²) in [6.07, 6.45) is 3.39. The van der Waals surface area contributed by atoms with Gasteiger partial charge in [-0.3, -0.25) is 9.59 Å². The van der Waals surface area contributed by atoms with E-state index in [2.05, 4.69) is 17.6 Å². The number of hydrogen-bond acceptors (Lipinski definition) is 5. The molecule has 0 unspecified atom stereocenters. The molecule has 1 aromatic heterocycles. The van der Waals surface area contributed by atoms with Crippen molar-refractivity contribution in [2.24, 2.45) is 5.92 Å². The first-order valence-corrected chi connectivity index (χ1v) is 11.0. The van der Waals surface area contributed by atoms with Crippen molar-refractivity contribution in [2.45, 2.75) is 31.1 Å². The molecule has 1 saturated heterocycles. The first-order chi connectivity index (χ1) is 13.9. The van der Waals surface area contributed by atoms with E-state index in [1.54, 1.807) is 18.2 Å².